The first-order chi connectivity index (χ1) is 7.83. The molecule has 0 aliphatic carbocycles. The summed E-state index contributed by atoms with van der Waals surface area (Å²) in [6.45, 7) is 0. The molecular formula is C11H9NO4. The molecule has 82 valence electrons. The van der Waals surface area contributed by atoms with Crippen molar-refractivity contribution >= 4 is 6.29 Å². The second-order valence-electron chi connectivity index (χ2n) is 2.97. The molecule has 0 saturated carbocycles. The fourth-order valence-electron chi connectivity index (χ4n) is 1.21. The first-order valence-corrected chi connectivity index (χ1v) is 4.55. The molecule has 1 aromatic carbocycles. The fourth-order valence-corrected chi connectivity index (χ4v) is 1.21. The van der Waals surface area contributed by atoms with Crippen molar-refractivity contribution in [3.8, 4) is 17.4 Å². The quantitative estimate of drug-likeness (QED) is 0.738. The smallest absolute Gasteiger partial charge is 0.259 e. The zero-order valence-electron chi connectivity index (χ0n) is 8.54. The van der Waals surface area contributed by atoms with Gasteiger partial charge in [-0.05, 0) is 23.4 Å². The normalized spacial score (nSPS) is 9.81. The Hall–Kier alpha value is -2.30. The minimum atomic E-state index is 0.331. The third-order valence-electron chi connectivity index (χ3n) is 1.95. The molecule has 16 heavy (non-hydrogen) atoms. The maximum absolute atomic E-state index is 10.6. The second-order valence-corrected chi connectivity index (χ2v) is 2.97. The minimum Gasteiger partial charge on any atom is -0.493 e. The van der Waals surface area contributed by atoms with E-state index in [0.29, 0.717) is 22.9 Å². The van der Waals surface area contributed by atoms with Gasteiger partial charge in [0, 0.05) is 11.6 Å². The van der Waals surface area contributed by atoms with Crippen molar-refractivity contribution in [3.63, 3.8) is 0 Å². The van der Waals surface area contributed by atoms with E-state index in [0.717, 1.165) is 6.29 Å². The Morgan fingerprint density at radius 3 is 2.81 bits per heavy atom. The van der Waals surface area contributed by atoms with Gasteiger partial charge in [0.25, 0.3) is 5.88 Å². The number of carbonyl (C=O) groups excluding carboxylic acids is 1. The molecule has 0 spiro atoms. The lowest BCUT2D eigenvalue weighted by atomic mass is 10.2. The van der Waals surface area contributed by atoms with Crippen LogP contribution < -0.4 is 9.47 Å². The number of methoxy groups -OCH3 is 1. The third-order valence-corrected chi connectivity index (χ3v) is 1.95. The lowest BCUT2D eigenvalue weighted by Crippen LogP contribution is -1.92. The SMILES string of the molecule is COc1cc(C=O)ccc1Oc1ccon1. The highest BCUT2D eigenvalue weighted by molar-refractivity contribution is 5.76. The molecule has 0 aliphatic rings. The molecule has 0 saturated heterocycles. The molecule has 2 rings (SSSR count). The fraction of sp³-hybridized carbons (Fsp3) is 0.0909. The van der Waals surface area contributed by atoms with Gasteiger partial charge in [-0.25, -0.2) is 0 Å². The van der Waals surface area contributed by atoms with Crippen molar-refractivity contribution < 1.29 is 18.8 Å². The van der Waals surface area contributed by atoms with Gasteiger partial charge in [-0.1, -0.05) is 0 Å². The van der Waals surface area contributed by atoms with Crippen LogP contribution in [0.4, 0.5) is 0 Å². The van der Waals surface area contributed by atoms with Gasteiger partial charge in [-0.2, -0.15) is 0 Å². The van der Waals surface area contributed by atoms with Gasteiger partial charge < -0.3 is 14.0 Å². The predicted molar refractivity (Wildman–Crippen MR) is 55.0 cm³/mol. The molecule has 2 aromatic rings. The summed E-state index contributed by atoms with van der Waals surface area (Å²) in [6.07, 6.45) is 2.14. The summed E-state index contributed by atoms with van der Waals surface area (Å²) in [6, 6.07) is 6.43. The highest BCUT2D eigenvalue weighted by Crippen LogP contribution is 2.31. The third kappa shape index (κ3) is 2.03. The van der Waals surface area contributed by atoms with Crippen LogP contribution in [0.3, 0.4) is 0 Å². The van der Waals surface area contributed by atoms with Crippen molar-refractivity contribution in [2.75, 3.05) is 7.11 Å². The highest BCUT2D eigenvalue weighted by atomic mass is 16.5. The standard InChI is InChI=1S/C11H9NO4/c1-14-10-6-8(7-13)2-3-9(10)16-11-4-5-15-12-11/h2-7H,1H3. The van der Waals surface area contributed by atoms with Crippen LogP contribution in [-0.2, 0) is 0 Å². The number of nitrogens with zero attached hydrogens (tertiary/aromatic N) is 1. The van der Waals surface area contributed by atoms with Gasteiger partial charge in [0.15, 0.2) is 11.5 Å². The first-order valence-electron chi connectivity index (χ1n) is 4.55. The van der Waals surface area contributed by atoms with Crippen molar-refractivity contribution in [2.45, 2.75) is 0 Å². The molecule has 5 nitrogen and oxygen atoms in total. The number of aldehydes is 1. The number of aromatic nitrogens is 1. The Morgan fingerprint density at radius 2 is 2.19 bits per heavy atom. The zero-order valence-corrected chi connectivity index (χ0v) is 8.54. The summed E-state index contributed by atoms with van der Waals surface area (Å²) in [5.74, 6) is 1.27. The molecule has 0 amide bonds. The molecule has 0 N–H and O–H groups in total. The Morgan fingerprint density at radius 1 is 1.31 bits per heavy atom. The Kier molecular flexibility index (Phi) is 2.86. The lowest BCUT2D eigenvalue weighted by molar-refractivity contribution is 0.112. The highest BCUT2D eigenvalue weighted by Gasteiger charge is 2.08. The molecule has 0 unspecified atom stereocenters. The molecule has 0 radical (unpaired) electrons. The van der Waals surface area contributed by atoms with E-state index in [1.54, 1.807) is 24.3 Å². The summed E-state index contributed by atoms with van der Waals surface area (Å²) in [4.78, 5) is 10.6. The van der Waals surface area contributed by atoms with Crippen LogP contribution in [0, 0.1) is 0 Å². The van der Waals surface area contributed by atoms with Gasteiger partial charge >= 0.3 is 0 Å². The van der Waals surface area contributed by atoms with Gasteiger partial charge in [0.2, 0.25) is 0 Å². The van der Waals surface area contributed by atoms with E-state index >= 15 is 0 Å². The second kappa shape index (κ2) is 4.48. The summed E-state index contributed by atoms with van der Waals surface area (Å²) >= 11 is 0. The van der Waals surface area contributed by atoms with E-state index in [-0.39, 0.29) is 0 Å². The average molecular weight is 219 g/mol. The van der Waals surface area contributed by atoms with Crippen LogP contribution in [0.25, 0.3) is 0 Å². The largest absolute Gasteiger partial charge is 0.493 e. The number of benzene rings is 1. The topological polar surface area (TPSA) is 61.6 Å². The Bertz CT molecular complexity index is 479. The van der Waals surface area contributed by atoms with Crippen LogP contribution >= 0.6 is 0 Å². The monoisotopic (exact) mass is 219 g/mol. The van der Waals surface area contributed by atoms with Gasteiger partial charge in [-0.15, -0.1) is 0 Å². The van der Waals surface area contributed by atoms with Gasteiger partial charge in [-0.3, -0.25) is 4.79 Å². The van der Waals surface area contributed by atoms with Crippen molar-refractivity contribution in [2.24, 2.45) is 0 Å². The number of hydrogen-bond acceptors (Lipinski definition) is 5. The average Bonchev–Trinajstić information content (AvgIpc) is 2.82. The molecule has 0 bridgehead atoms. The van der Waals surface area contributed by atoms with E-state index in [9.17, 15) is 4.79 Å². The maximum Gasteiger partial charge on any atom is 0.259 e. The molecule has 1 aromatic heterocycles. The number of carbonyl (C=O) groups is 1. The zero-order chi connectivity index (χ0) is 11.4. The molecule has 5 heteroatoms. The van der Waals surface area contributed by atoms with E-state index in [1.165, 1.54) is 13.4 Å². The number of ether oxygens (including phenoxy) is 2. The van der Waals surface area contributed by atoms with E-state index in [2.05, 4.69) is 9.68 Å². The van der Waals surface area contributed by atoms with Crippen LogP contribution in [0.2, 0.25) is 0 Å². The lowest BCUT2D eigenvalue weighted by Gasteiger charge is -2.07. The van der Waals surface area contributed by atoms with Crippen LogP contribution in [0.5, 0.6) is 17.4 Å². The summed E-state index contributed by atoms with van der Waals surface area (Å²) in [5, 5.41) is 3.61. The van der Waals surface area contributed by atoms with Crippen LogP contribution in [-0.4, -0.2) is 18.6 Å². The first kappa shape index (κ1) is 10.2. The van der Waals surface area contributed by atoms with Crippen LogP contribution in [0.15, 0.2) is 35.1 Å². The van der Waals surface area contributed by atoms with E-state index in [1.807, 2.05) is 0 Å². The van der Waals surface area contributed by atoms with Crippen molar-refractivity contribution in [3.05, 3.63) is 36.1 Å². The molecule has 0 fully saturated rings. The van der Waals surface area contributed by atoms with Gasteiger partial charge in [0.1, 0.15) is 12.5 Å². The Labute approximate surface area is 91.6 Å². The van der Waals surface area contributed by atoms with Crippen LogP contribution in [0.1, 0.15) is 10.4 Å². The van der Waals surface area contributed by atoms with Crippen molar-refractivity contribution in [1.82, 2.24) is 5.16 Å². The van der Waals surface area contributed by atoms with E-state index in [4.69, 9.17) is 9.47 Å². The minimum absolute atomic E-state index is 0.331. The van der Waals surface area contributed by atoms with Crippen molar-refractivity contribution in [1.29, 1.82) is 0 Å². The molecule has 0 atom stereocenters. The number of hydrogen-bond donors (Lipinski definition) is 0. The van der Waals surface area contributed by atoms with E-state index < -0.39 is 0 Å². The summed E-state index contributed by atoms with van der Waals surface area (Å²) < 4.78 is 15.1. The summed E-state index contributed by atoms with van der Waals surface area (Å²) in [5.41, 5.74) is 0.518. The summed E-state index contributed by atoms with van der Waals surface area (Å²) in [7, 11) is 1.50. The molecule has 1 heterocycles. The number of rotatable bonds is 4. The maximum atomic E-state index is 10.6. The predicted octanol–water partition coefficient (Wildman–Crippen LogP) is 2.29. The molecule has 0 aliphatic heterocycles. The Balaban J connectivity index is 2.30. The van der Waals surface area contributed by atoms with Gasteiger partial charge in [0.05, 0.1) is 7.11 Å². The molecular weight excluding hydrogens is 210 g/mol.